The van der Waals surface area contributed by atoms with E-state index in [4.69, 9.17) is 4.74 Å². The van der Waals surface area contributed by atoms with Gasteiger partial charge in [-0.2, -0.15) is 0 Å². The van der Waals surface area contributed by atoms with E-state index in [1.54, 1.807) is 0 Å². The van der Waals surface area contributed by atoms with Gasteiger partial charge in [0.05, 0.1) is 15.4 Å². The topological polar surface area (TPSA) is 133 Å². The van der Waals surface area contributed by atoms with Crippen molar-refractivity contribution in [2.75, 3.05) is 18.2 Å². The van der Waals surface area contributed by atoms with Gasteiger partial charge >= 0.3 is 5.97 Å². The number of carbonyl (C=O) groups excluding carboxylic acids is 2. The highest BCUT2D eigenvalue weighted by molar-refractivity contribution is 7.90. The Morgan fingerprint density at radius 2 is 1.78 bits per heavy atom. The van der Waals surface area contributed by atoms with Crippen LogP contribution in [-0.2, 0) is 19.4 Å². The first-order valence-electron chi connectivity index (χ1n) is 7.60. The summed E-state index contributed by atoms with van der Waals surface area (Å²) in [5.41, 5.74) is 0.457. The van der Waals surface area contributed by atoms with Gasteiger partial charge in [0, 0.05) is 23.6 Å². The third kappa shape index (κ3) is 5.35. The molecule has 0 saturated carbocycles. The van der Waals surface area contributed by atoms with Gasteiger partial charge in [-0.3, -0.25) is 14.9 Å². The van der Waals surface area contributed by atoms with Gasteiger partial charge in [0.1, 0.15) is 0 Å². The summed E-state index contributed by atoms with van der Waals surface area (Å²) in [6.45, 7) is 0.935. The smallest absolute Gasteiger partial charge is 0.338 e. The molecule has 0 radical (unpaired) electrons. The number of aryl methyl sites for hydroxylation is 1. The number of rotatable bonds is 6. The third-order valence-electron chi connectivity index (χ3n) is 3.54. The number of nitrogens with one attached hydrogen (secondary N) is 1. The molecule has 0 unspecified atom stereocenters. The molecule has 0 aromatic heterocycles. The highest BCUT2D eigenvalue weighted by Crippen LogP contribution is 2.20. The molecule has 1 amide bonds. The van der Waals surface area contributed by atoms with Gasteiger partial charge in [-0.05, 0) is 37.3 Å². The summed E-state index contributed by atoms with van der Waals surface area (Å²) >= 11 is 0. The lowest BCUT2D eigenvalue weighted by Gasteiger charge is -2.07. The normalized spacial score (nSPS) is 10.9. The van der Waals surface area contributed by atoms with E-state index in [9.17, 15) is 28.1 Å². The molecule has 0 aliphatic rings. The van der Waals surface area contributed by atoms with Crippen LogP contribution in [0, 0.1) is 17.0 Å². The van der Waals surface area contributed by atoms with Crippen LogP contribution in [0.15, 0.2) is 47.4 Å². The average Bonchev–Trinajstić information content (AvgIpc) is 2.59. The number of nitro groups is 1. The summed E-state index contributed by atoms with van der Waals surface area (Å²) < 4.78 is 27.6. The molecule has 27 heavy (non-hydrogen) atoms. The summed E-state index contributed by atoms with van der Waals surface area (Å²) in [5.74, 6) is -1.52. The third-order valence-corrected chi connectivity index (χ3v) is 4.67. The van der Waals surface area contributed by atoms with Crippen LogP contribution in [0.4, 0.5) is 11.4 Å². The van der Waals surface area contributed by atoms with E-state index in [1.807, 2.05) is 0 Å². The van der Waals surface area contributed by atoms with Crippen molar-refractivity contribution < 1.29 is 27.7 Å². The van der Waals surface area contributed by atoms with Gasteiger partial charge in [0.15, 0.2) is 16.4 Å². The predicted molar refractivity (Wildman–Crippen MR) is 96.3 cm³/mol. The van der Waals surface area contributed by atoms with E-state index in [-0.39, 0.29) is 16.1 Å². The Labute approximate surface area is 155 Å². The van der Waals surface area contributed by atoms with E-state index in [0.29, 0.717) is 11.3 Å². The molecule has 0 aliphatic carbocycles. The van der Waals surface area contributed by atoms with Gasteiger partial charge < -0.3 is 10.1 Å². The number of ether oxygens (including phenoxy) is 1. The van der Waals surface area contributed by atoms with Gasteiger partial charge in [0.25, 0.3) is 11.6 Å². The number of benzene rings is 2. The summed E-state index contributed by atoms with van der Waals surface area (Å²) in [6, 6.07) is 9.34. The molecule has 0 saturated heterocycles. The van der Waals surface area contributed by atoms with Crippen molar-refractivity contribution in [2.24, 2.45) is 0 Å². The predicted octanol–water partition coefficient (Wildman–Crippen LogP) is 2.10. The zero-order chi connectivity index (χ0) is 20.2. The zero-order valence-electron chi connectivity index (χ0n) is 14.5. The molecule has 0 aliphatic heterocycles. The minimum Gasteiger partial charge on any atom is -0.452 e. The second-order valence-corrected chi connectivity index (χ2v) is 7.69. The standard InChI is InChI=1S/C17H16N2O7S/c1-11-3-4-12(9-15(11)19(22)23)17(21)26-10-16(20)18-13-5-7-14(8-6-13)27(2,24)25/h3-9H,10H2,1-2H3,(H,18,20). The number of amides is 1. The Hall–Kier alpha value is -3.27. The number of esters is 1. The molecule has 0 spiro atoms. The Balaban J connectivity index is 1.96. The summed E-state index contributed by atoms with van der Waals surface area (Å²) in [7, 11) is -3.34. The van der Waals surface area contributed by atoms with Crippen LogP contribution in [0.25, 0.3) is 0 Å². The number of hydrogen-bond donors (Lipinski definition) is 1. The maximum atomic E-state index is 12.0. The first-order chi connectivity index (χ1) is 12.6. The van der Waals surface area contributed by atoms with Gasteiger partial charge in [-0.15, -0.1) is 0 Å². The second kappa shape index (κ2) is 7.96. The van der Waals surface area contributed by atoms with Crippen molar-refractivity contribution in [3.63, 3.8) is 0 Å². The number of nitrogens with zero attached hydrogens (tertiary/aromatic N) is 1. The van der Waals surface area contributed by atoms with Crippen LogP contribution in [0.2, 0.25) is 0 Å². The number of carbonyl (C=O) groups is 2. The molecule has 2 aromatic carbocycles. The van der Waals surface area contributed by atoms with Crippen molar-refractivity contribution >= 4 is 33.1 Å². The van der Waals surface area contributed by atoms with Crippen molar-refractivity contribution in [1.29, 1.82) is 0 Å². The first-order valence-corrected chi connectivity index (χ1v) is 9.49. The lowest BCUT2D eigenvalue weighted by Crippen LogP contribution is -2.21. The highest BCUT2D eigenvalue weighted by atomic mass is 32.2. The Kier molecular flexibility index (Phi) is 5.91. The molecule has 10 heteroatoms. The Morgan fingerprint density at radius 1 is 1.15 bits per heavy atom. The minimum atomic E-state index is -3.34. The molecule has 1 N–H and O–H groups in total. The van der Waals surface area contributed by atoms with Crippen LogP contribution in [0.5, 0.6) is 0 Å². The Bertz CT molecular complexity index is 998. The number of anilines is 1. The first kappa shape index (κ1) is 20.0. The second-order valence-electron chi connectivity index (χ2n) is 5.68. The molecule has 0 fully saturated rings. The average molecular weight is 392 g/mol. The van der Waals surface area contributed by atoms with E-state index in [0.717, 1.165) is 12.3 Å². The lowest BCUT2D eigenvalue weighted by molar-refractivity contribution is -0.385. The number of sulfone groups is 1. The molecule has 0 heterocycles. The fraction of sp³-hybridized carbons (Fsp3) is 0.176. The van der Waals surface area contributed by atoms with Crippen LogP contribution < -0.4 is 5.32 Å². The minimum absolute atomic E-state index is 0.0439. The van der Waals surface area contributed by atoms with E-state index in [2.05, 4.69) is 5.32 Å². The van der Waals surface area contributed by atoms with E-state index in [1.165, 1.54) is 43.3 Å². The lowest BCUT2D eigenvalue weighted by atomic mass is 10.1. The molecule has 0 bridgehead atoms. The summed E-state index contributed by atoms with van der Waals surface area (Å²) in [6.07, 6.45) is 1.06. The molecule has 0 atom stereocenters. The summed E-state index contributed by atoms with van der Waals surface area (Å²) in [4.78, 5) is 34.2. The van der Waals surface area contributed by atoms with Crippen LogP contribution in [0.1, 0.15) is 15.9 Å². The monoisotopic (exact) mass is 392 g/mol. The van der Waals surface area contributed by atoms with Crippen molar-refractivity contribution in [3.05, 3.63) is 63.7 Å². The van der Waals surface area contributed by atoms with Crippen molar-refractivity contribution in [2.45, 2.75) is 11.8 Å². The SMILES string of the molecule is Cc1ccc(C(=O)OCC(=O)Nc2ccc(S(C)(=O)=O)cc2)cc1[N+](=O)[O-]. The molecule has 9 nitrogen and oxygen atoms in total. The molecular weight excluding hydrogens is 376 g/mol. The molecule has 2 rings (SSSR count). The number of nitro benzene ring substituents is 1. The van der Waals surface area contributed by atoms with Crippen LogP contribution in [0.3, 0.4) is 0 Å². The molecule has 2 aromatic rings. The maximum absolute atomic E-state index is 12.0. The fourth-order valence-corrected chi connectivity index (χ4v) is 2.76. The van der Waals surface area contributed by atoms with Crippen LogP contribution in [-0.4, -0.2) is 38.1 Å². The zero-order valence-corrected chi connectivity index (χ0v) is 15.3. The van der Waals surface area contributed by atoms with Crippen molar-refractivity contribution in [1.82, 2.24) is 0 Å². The fourth-order valence-electron chi connectivity index (χ4n) is 2.13. The van der Waals surface area contributed by atoms with Crippen molar-refractivity contribution in [3.8, 4) is 0 Å². The van der Waals surface area contributed by atoms with Gasteiger partial charge in [0.2, 0.25) is 0 Å². The van der Waals surface area contributed by atoms with Gasteiger partial charge in [-0.1, -0.05) is 6.07 Å². The summed E-state index contributed by atoms with van der Waals surface area (Å²) in [5, 5.41) is 13.4. The van der Waals surface area contributed by atoms with E-state index < -0.39 is 33.2 Å². The van der Waals surface area contributed by atoms with Gasteiger partial charge in [-0.25, -0.2) is 13.2 Å². The highest BCUT2D eigenvalue weighted by Gasteiger charge is 2.17. The molecular formula is C17H16N2O7S. The van der Waals surface area contributed by atoms with Crippen LogP contribution >= 0.6 is 0 Å². The maximum Gasteiger partial charge on any atom is 0.338 e. The number of hydrogen-bond acceptors (Lipinski definition) is 7. The Morgan fingerprint density at radius 3 is 2.33 bits per heavy atom. The molecule has 142 valence electrons. The quantitative estimate of drug-likeness (QED) is 0.452. The van der Waals surface area contributed by atoms with E-state index >= 15 is 0 Å². The largest absolute Gasteiger partial charge is 0.452 e.